The van der Waals surface area contributed by atoms with E-state index in [9.17, 15) is 0 Å². The summed E-state index contributed by atoms with van der Waals surface area (Å²) in [5.41, 5.74) is 10.4. The highest BCUT2D eigenvalue weighted by atomic mass is 16.7. The van der Waals surface area contributed by atoms with E-state index in [2.05, 4.69) is 24.9 Å². The molecule has 3 aliphatic rings. The molecule has 1 fully saturated rings. The number of hydrogen-bond acceptors (Lipinski definition) is 6. The number of nitrogen functional groups attached to an aromatic ring is 1. The molecule has 0 spiro atoms. The second-order valence-electron chi connectivity index (χ2n) is 7.39. The molecular weight excluding hydrogens is 330 g/mol. The minimum Gasteiger partial charge on any atom is -0.454 e. The van der Waals surface area contributed by atoms with E-state index >= 15 is 0 Å². The Bertz CT molecular complexity index is 905. The second kappa shape index (κ2) is 5.38. The van der Waals surface area contributed by atoms with Gasteiger partial charge in [-0.05, 0) is 50.1 Å². The summed E-state index contributed by atoms with van der Waals surface area (Å²) in [5.74, 6) is 1.57. The van der Waals surface area contributed by atoms with Gasteiger partial charge in [0.1, 0.15) is 0 Å². The molecule has 2 aromatic rings. The molecule has 0 aliphatic carbocycles. The molecule has 26 heavy (non-hydrogen) atoms. The van der Waals surface area contributed by atoms with Crippen LogP contribution in [0.5, 0.6) is 11.5 Å². The fraction of sp³-hybridized carbons (Fsp3) is 0.350. The Morgan fingerprint density at radius 2 is 1.85 bits per heavy atom. The Morgan fingerprint density at radius 1 is 1.12 bits per heavy atom. The lowest BCUT2D eigenvalue weighted by atomic mass is 9.94. The number of ether oxygens (including phenoxy) is 3. The Kier molecular flexibility index (Phi) is 3.21. The smallest absolute Gasteiger partial charge is 0.231 e. The van der Waals surface area contributed by atoms with E-state index in [1.54, 1.807) is 0 Å². The highest BCUT2D eigenvalue weighted by Gasteiger charge is 2.42. The standard InChI is InChI=1S/C20H21N3O3/c1-20(2)23-15(10-26-20)7-13-8-17-18(25-11-24-17)9-16(13)19(22-23)12-3-5-14(21)6-4-12/h3-6,8-9,15H,7,10-11,21H2,1-2H3. The third kappa shape index (κ3) is 2.33. The number of nitrogens with zero attached hydrogens (tertiary/aromatic N) is 2. The number of nitrogens with two attached hydrogens (primary N) is 1. The maximum atomic E-state index is 6.00. The molecule has 2 N–H and O–H groups in total. The topological polar surface area (TPSA) is 69.3 Å². The zero-order chi connectivity index (χ0) is 17.9. The molecule has 2 aromatic carbocycles. The van der Waals surface area contributed by atoms with Crippen LogP contribution in [-0.4, -0.2) is 35.9 Å². The number of anilines is 1. The van der Waals surface area contributed by atoms with E-state index in [1.807, 2.05) is 30.3 Å². The fourth-order valence-corrected chi connectivity index (χ4v) is 3.87. The quantitative estimate of drug-likeness (QED) is 0.800. The van der Waals surface area contributed by atoms with Crippen molar-refractivity contribution in [2.24, 2.45) is 5.10 Å². The number of rotatable bonds is 1. The lowest BCUT2D eigenvalue weighted by molar-refractivity contribution is -0.0523. The molecule has 1 atom stereocenters. The summed E-state index contributed by atoms with van der Waals surface area (Å²) in [5, 5.41) is 7.13. The van der Waals surface area contributed by atoms with Crippen molar-refractivity contribution in [3.8, 4) is 11.5 Å². The van der Waals surface area contributed by atoms with Crippen LogP contribution >= 0.6 is 0 Å². The van der Waals surface area contributed by atoms with E-state index in [0.717, 1.165) is 40.4 Å². The van der Waals surface area contributed by atoms with Crippen LogP contribution in [0.15, 0.2) is 41.5 Å². The predicted molar refractivity (Wildman–Crippen MR) is 98.4 cm³/mol. The molecule has 1 unspecified atom stereocenters. The molecule has 0 radical (unpaired) electrons. The molecule has 0 bridgehead atoms. The third-order valence-electron chi connectivity index (χ3n) is 5.23. The number of fused-ring (bicyclic) bond motifs is 3. The zero-order valence-corrected chi connectivity index (χ0v) is 14.9. The van der Waals surface area contributed by atoms with Gasteiger partial charge in [-0.2, -0.15) is 5.10 Å². The summed E-state index contributed by atoms with van der Waals surface area (Å²) in [4.78, 5) is 0. The first-order valence-corrected chi connectivity index (χ1v) is 8.82. The van der Waals surface area contributed by atoms with E-state index in [1.165, 1.54) is 5.56 Å². The Labute approximate surface area is 152 Å². The minimum atomic E-state index is -0.443. The summed E-state index contributed by atoms with van der Waals surface area (Å²) < 4.78 is 17.2. The van der Waals surface area contributed by atoms with Crippen LogP contribution in [0.1, 0.15) is 30.5 Å². The molecule has 134 valence electrons. The first-order chi connectivity index (χ1) is 12.5. The molecule has 6 heteroatoms. The van der Waals surface area contributed by atoms with Gasteiger partial charge < -0.3 is 19.9 Å². The minimum absolute atomic E-state index is 0.190. The molecule has 0 aromatic heterocycles. The van der Waals surface area contributed by atoms with Crippen molar-refractivity contribution in [2.45, 2.75) is 32.0 Å². The van der Waals surface area contributed by atoms with Gasteiger partial charge in [0.25, 0.3) is 0 Å². The van der Waals surface area contributed by atoms with Gasteiger partial charge in [0.15, 0.2) is 17.2 Å². The molecular formula is C20H21N3O3. The van der Waals surface area contributed by atoms with Crippen LogP contribution in [-0.2, 0) is 11.2 Å². The van der Waals surface area contributed by atoms with Crippen LogP contribution in [0.4, 0.5) is 5.69 Å². The molecule has 5 rings (SSSR count). The summed E-state index contributed by atoms with van der Waals surface area (Å²) in [7, 11) is 0. The van der Waals surface area contributed by atoms with Crippen molar-refractivity contribution >= 4 is 11.4 Å². The van der Waals surface area contributed by atoms with E-state index < -0.39 is 5.72 Å². The van der Waals surface area contributed by atoms with Crippen LogP contribution in [0, 0.1) is 0 Å². The number of hydrogen-bond donors (Lipinski definition) is 1. The lowest BCUT2D eigenvalue weighted by Gasteiger charge is -2.30. The highest BCUT2D eigenvalue weighted by molar-refractivity contribution is 6.14. The molecule has 3 aliphatic heterocycles. The van der Waals surface area contributed by atoms with Crippen LogP contribution in [0.25, 0.3) is 0 Å². The van der Waals surface area contributed by atoms with Crippen molar-refractivity contribution in [2.75, 3.05) is 19.1 Å². The largest absolute Gasteiger partial charge is 0.454 e. The lowest BCUT2D eigenvalue weighted by Crippen LogP contribution is -2.40. The Morgan fingerprint density at radius 3 is 2.62 bits per heavy atom. The van der Waals surface area contributed by atoms with Gasteiger partial charge in [0, 0.05) is 16.8 Å². The zero-order valence-electron chi connectivity index (χ0n) is 14.9. The van der Waals surface area contributed by atoms with E-state index in [4.69, 9.17) is 25.0 Å². The van der Waals surface area contributed by atoms with Crippen LogP contribution < -0.4 is 15.2 Å². The predicted octanol–water partition coefficient (Wildman–Crippen LogP) is 2.74. The summed E-state index contributed by atoms with van der Waals surface area (Å²) in [6.07, 6.45) is 0.845. The van der Waals surface area contributed by atoms with Crippen molar-refractivity contribution < 1.29 is 14.2 Å². The average molecular weight is 351 g/mol. The van der Waals surface area contributed by atoms with Crippen molar-refractivity contribution in [3.63, 3.8) is 0 Å². The molecule has 3 heterocycles. The normalized spacial score (nSPS) is 22.5. The van der Waals surface area contributed by atoms with Crippen molar-refractivity contribution in [1.82, 2.24) is 5.01 Å². The fourth-order valence-electron chi connectivity index (χ4n) is 3.87. The van der Waals surface area contributed by atoms with Crippen LogP contribution in [0.2, 0.25) is 0 Å². The molecule has 0 amide bonds. The first kappa shape index (κ1) is 15.5. The maximum Gasteiger partial charge on any atom is 0.231 e. The van der Waals surface area contributed by atoms with Crippen LogP contribution in [0.3, 0.4) is 0 Å². The maximum absolute atomic E-state index is 6.00. The van der Waals surface area contributed by atoms with Gasteiger partial charge in [-0.15, -0.1) is 0 Å². The molecule has 1 saturated heterocycles. The van der Waals surface area contributed by atoms with Gasteiger partial charge in [-0.25, -0.2) is 0 Å². The number of benzene rings is 2. The second-order valence-corrected chi connectivity index (χ2v) is 7.39. The van der Waals surface area contributed by atoms with Gasteiger partial charge in [-0.3, -0.25) is 5.01 Å². The SMILES string of the molecule is CC1(C)OCC2Cc3cc4c(cc3C(c3ccc(N)cc3)=NN21)OCO4. The van der Waals surface area contributed by atoms with Gasteiger partial charge >= 0.3 is 0 Å². The van der Waals surface area contributed by atoms with E-state index in [-0.39, 0.29) is 12.8 Å². The van der Waals surface area contributed by atoms with Gasteiger partial charge in [0.05, 0.1) is 18.4 Å². The Hall–Kier alpha value is -2.73. The van der Waals surface area contributed by atoms with Crippen molar-refractivity contribution in [1.29, 1.82) is 0 Å². The monoisotopic (exact) mass is 351 g/mol. The average Bonchev–Trinajstić information content (AvgIpc) is 3.12. The third-order valence-corrected chi connectivity index (χ3v) is 5.23. The van der Waals surface area contributed by atoms with Gasteiger partial charge in [0.2, 0.25) is 6.79 Å². The summed E-state index contributed by atoms with van der Waals surface area (Å²) >= 11 is 0. The van der Waals surface area contributed by atoms with Crippen molar-refractivity contribution in [3.05, 3.63) is 53.1 Å². The molecule has 6 nitrogen and oxygen atoms in total. The summed E-state index contributed by atoms with van der Waals surface area (Å²) in [6, 6.07) is 12.1. The Balaban J connectivity index is 1.71. The summed E-state index contributed by atoms with van der Waals surface area (Å²) in [6.45, 7) is 5.02. The van der Waals surface area contributed by atoms with Gasteiger partial charge in [-0.1, -0.05) is 12.1 Å². The first-order valence-electron chi connectivity index (χ1n) is 8.82. The number of hydrazone groups is 1. The highest BCUT2D eigenvalue weighted by Crippen LogP contribution is 2.40. The molecule has 0 saturated carbocycles. The van der Waals surface area contributed by atoms with E-state index in [0.29, 0.717) is 6.61 Å².